The van der Waals surface area contributed by atoms with E-state index in [1.165, 1.54) is 23.8 Å². The number of methoxy groups -OCH3 is 1. The Morgan fingerprint density at radius 1 is 1.23 bits per heavy atom. The summed E-state index contributed by atoms with van der Waals surface area (Å²) in [5.74, 6) is 0.686. The van der Waals surface area contributed by atoms with Crippen LogP contribution < -0.4 is 4.74 Å². The second-order valence-corrected chi connectivity index (χ2v) is 8.44. The predicted octanol–water partition coefficient (Wildman–Crippen LogP) is 5.42. The van der Waals surface area contributed by atoms with E-state index in [2.05, 4.69) is 24.1 Å². The molecule has 1 aliphatic heterocycles. The van der Waals surface area contributed by atoms with Crippen molar-refractivity contribution >= 4 is 5.97 Å². The van der Waals surface area contributed by atoms with Gasteiger partial charge in [-0.3, -0.25) is 0 Å². The average molecular weight is 427 g/mol. The third-order valence-electron chi connectivity index (χ3n) is 6.78. The zero-order chi connectivity index (χ0) is 22.2. The van der Waals surface area contributed by atoms with E-state index in [4.69, 9.17) is 9.47 Å². The molecule has 0 unspecified atom stereocenters. The van der Waals surface area contributed by atoms with Crippen molar-refractivity contribution in [3.63, 3.8) is 0 Å². The van der Waals surface area contributed by atoms with Gasteiger partial charge in [-0.2, -0.15) is 0 Å². The average Bonchev–Trinajstić information content (AvgIpc) is 3.11. The standard InChI is InChI=1S/C25H27F2NO3/c1-16-14-17(8-9-21(16)30-3)25-11-10-18(15-22(25)28(2)13-12-25)31-24(29)20-7-5-4-6-19(20)23(26)27/h4-10,14,22-23H,11-13,15H2,1-3H3/t22-,25-/m0/s1. The van der Waals surface area contributed by atoms with Gasteiger partial charge in [0, 0.05) is 23.4 Å². The molecule has 0 amide bonds. The summed E-state index contributed by atoms with van der Waals surface area (Å²) in [6.45, 7) is 2.98. The van der Waals surface area contributed by atoms with E-state index in [-0.39, 0.29) is 22.6 Å². The number of hydrogen-bond donors (Lipinski definition) is 0. The quantitative estimate of drug-likeness (QED) is 0.598. The van der Waals surface area contributed by atoms with Crippen LogP contribution in [-0.2, 0) is 10.2 Å². The number of halogens is 2. The molecule has 1 heterocycles. The minimum absolute atomic E-state index is 0.0669. The van der Waals surface area contributed by atoms with Crippen molar-refractivity contribution in [1.82, 2.24) is 4.90 Å². The Bertz CT molecular complexity index is 1020. The van der Waals surface area contributed by atoms with Crippen LogP contribution >= 0.6 is 0 Å². The lowest BCUT2D eigenvalue weighted by Crippen LogP contribution is -2.43. The first-order chi connectivity index (χ1) is 14.9. The molecular formula is C25H27F2NO3. The third kappa shape index (κ3) is 3.85. The van der Waals surface area contributed by atoms with Crippen LogP contribution in [0, 0.1) is 6.92 Å². The van der Waals surface area contributed by atoms with Crippen LogP contribution in [0.1, 0.15) is 52.7 Å². The fourth-order valence-electron chi connectivity index (χ4n) is 5.05. The highest BCUT2D eigenvalue weighted by atomic mass is 19.3. The fourth-order valence-corrected chi connectivity index (χ4v) is 5.05. The number of carbonyl (C=O) groups is 1. The van der Waals surface area contributed by atoms with Gasteiger partial charge < -0.3 is 14.4 Å². The van der Waals surface area contributed by atoms with Crippen molar-refractivity contribution in [3.05, 3.63) is 76.6 Å². The number of fused-ring (bicyclic) bond motifs is 1. The molecule has 1 fully saturated rings. The third-order valence-corrected chi connectivity index (χ3v) is 6.78. The number of hydrogen-bond acceptors (Lipinski definition) is 4. The maximum Gasteiger partial charge on any atom is 0.343 e. The van der Waals surface area contributed by atoms with E-state index < -0.39 is 12.4 Å². The van der Waals surface area contributed by atoms with E-state index >= 15 is 0 Å². The molecule has 31 heavy (non-hydrogen) atoms. The summed E-state index contributed by atoms with van der Waals surface area (Å²) in [5.41, 5.74) is 1.89. The molecule has 2 aromatic carbocycles. The number of benzene rings is 2. The zero-order valence-electron chi connectivity index (χ0n) is 18.0. The molecule has 6 heteroatoms. The van der Waals surface area contributed by atoms with Crippen molar-refractivity contribution in [3.8, 4) is 5.75 Å². The predicted molar refractivity (Wildman–Crippen MR) is 115 cm³/mol. The van der Waals surface area contributed by atoms with Crippen LogP contribution in [0.5, 0.6) is 5.75 Å². The van der Waals surface area contributed by atoms with Gasteiger partial charge in [0.05, 0.1) is 12.7 Å². The smallest absolute Gasteiger partial charge is 0.343 e. The highest BCUT2D eigenvalue weighted by Gasteiger charge is 2.49. The molecule has 0 radical (unpaired) electrons. The van der Waals surface area contributed by atoms with E-state index in [0.29, 0.717) is 12.2 Å². The van der Waals surface area contributed by atoms with Crippen LogP contribution in [0.2, 0.25) is 0 Å². The van der Waals surface area contributed by atoms with Crippen LogP contribution in [0.3, 0.4) is 0 Å². The molecule has 2 aromatic rings. The van der Waals surface area contributed by atoms with Crippen LogP contribution in [0.25, 0.3) is 0 Å². The second-order valence-electron chi connectivity index (χ2n) is 8.44. The molecule has 0 bridgehead atoms. The molecule has 1 saturated heterocycles. The van der Waals surface area contributed by atoms with Crippen molar-refractivity contribution in [2.75, 3.05) is 20.7 Å². The number of aryl methyl sites for hydroxylation is 1. The van der Waals surface area contributed by atoms with E-state index in [1.807, 2.05) is 19.1 Å². The summed E-state index contributed by atoms with van der Waals surface area (Å²) in [4.78, 5) is 15.0. The van der Waals surface area contributed by atoms with Crippen LogP contribution in [0.4, 0.5) is 8.78 Å². The second kappa shape index (κ2) is 8.42. The van der Waals surface area contributed by atoms with Gasteiger partial charge in [-0.1, -0.05) is 30.3 Å². The van der Waals surface area contributed by atoms with Gasteiger partial charge in [-0.05, 0) is 62.7 Å². The van der Waals surface area contributed by atoms with Gasteiger partial charge in [-0.25, -0.2) is 13.6 Å². The van der Waals surface area contributed by atoms with Gasteiger partial charge in [-0.15, -0.1) is 0 Å². The number of rotatable bonds is 5. The molecule has 4 rings (SSSR count). The normalized spacial score (nSPS) is 23.4. The maximum atomic E-state index is 13.3. The number of ether oxygens (including phenoxy) is 2. The molecule has 0 spiro atoms. The van der Waals surface area contributed by atoms with Crippen molar-refractivity contribution in [2.45, 2.75) is 44.1 Å². The molecule has 2 aliphatic rings. The molecule has 0 saturated carbocycles. The Labute approximate surface area is 181 Å². The summed E-state index contributed by atoms with van der Waals surface area (Å²) >= 11 is 0. The number of likely N-dealkylation sites (tertiary alicyclic amines) is 1. The number of nitrogens with zero attached hydrogens (tertiary/aromatic N) is 1. The molecular weight excluding hydrogens is 400 g/mol. The lowest BCUT2D eigenvalue weighted by molar-refractivity contribution is 0.0568. The summed E-state index contributed by atoms with van der Waals surface area (Å²) < 4.78 is 37.6. The number of allylic oxidation sites excluding steroid dienone is 1. The largest absolute Gasteiger partial charge is 0.496 e. The van der Waals surface area contributed by atoms with Crippen LogP contribution in [-0.4, -0.2) is 37.6 Å². The van der Waals surface area contributed by atoms with E-state index in [9.17, 15) is 13.6 Å². The van der Waals surface area contributed by atoms with Gasteiger partial charge in [0.2, 0.25) is 0 Å². The van der Waals surface area contributed by atoms with Crippen molar-refractivity contribution in [1.29, 1.82) is 0 Å². The zero-order valence-corrected chi connectivity index (χ0v) is 18.0. The van der Waals surface area contributed by atoms with E-state index in [0.717, 1.165) is 30.7 Å². The first-order valence-electron chi connectivity index (χ1n) is 10.5. The maximum absolute atomic E-state index is 13.3. The number of likely N-dealkylation sites (N-methyl/N-ethyl adjacent to an activating group) is 1. The first-order valence-corrected chi connectivity index (χ1v) is 10.5. The Balaban J connectivity index is 1.60. The first kappa shape index (κ1) is 21.5. The molecule has 4 nitrogen and oxygen atoms in total. The molecule has 0 N–H and O–H groups in total. The number of carbonyl (C=O) groups excluding carboxylic acids is 1. The van der Waals surface area contributed by atoms with Gasteiger partial charge in [0.1, 0.15) is 11.5 Å². The summed E-state index contributed by atoms with van der Waals surface area (Å²) in [6, 6.07) is 12.2. The molecule has 1 aliphatic carbocycles. The van der Waals surface area contributed by atoms with Crippen LogP contribution in [0.15, 0.2) is 54.3 Å². The van der Waals surface area contributed by atoms with Gasteiger partial charge in [0.15, 0.2) is 0 Å². The molecule has 2 atom stereocenters. The summed E-state index contributed by atoms with van der Waals surface area (Å²) in [7, 11) is 3.75. The summed E-state index contributed by atoms with van der Waals surface area (Å²) in [6.07, 6.45) is 1.53. The number of alkyl halides is 2. The van der Waals surface area contributed by atoms with E-state index in [1.54, 1.807) is 13.2 Å². The molecule has 164 valence electrons. The Hall–Kier alpha value is -2.73. The topological polar surface area (TPSA) is 38.8 Å². The lowest BCUT2D eigenvalue weighted by Gasteiger charge is -2.41. The monoisotopic (exact) mass is 427 g/mol. The highest BCUT2D eigenvalue weighted by molar-refractivity contribution is 5.91. The molecule has 0 aromatic heterocycles. The minimum atomic E-state index is -2.73. The summed E-state index contributed by atoms with van der Waals surface area (Å²) in [5, 5.41) is 0. The Morgan fingerprint density at radius 2 is 2.00 bits per heavy atom. The Morgan fingerprint density at radius 3 is 2.71 bits per heavy atom. The lowest BCUT2D eigenvalue weighted by atomic mass is 9.68. The van der Waals surface area contributed by atoms with Gasteiger partial charge in [0.25, 0.3) is 6.43 Å². The van der Waals surface area contributed by atoms with Gasteiger partial charge >= 0.3 is 5.97 Å². The highest BCUT2D eigenvalue weighted by Crippen LogP contribution is 2.48. The SMILES string of the molecule is COc1ccc([C@@]23CC=C(OC(=O)c4ccccc4C(F)F)C[C@@H]2N(C)CC3)cc1C. The Kier molecular flexibility index (Phi) is 5.84. The van der Waals surface area contributed by atoms with Crippen molar-refractivity contribution < 1.29 is 23.0 Å². The minimum Gasteiger partial charge on any atom is -0.496 e. The van der Waals surface area contributed by atoms with Crippen molar-refractivity contribution in [2.24, 2.45) is 0 Å². The number of esters is 1. The fraction of sp³-hybridized carbons (Fsp3) is 0.400.